The third kappa shape index (κ3) is 4.23. The zero-order valence-electron chi connectivity index (χ0n) is 19.9. The predicted octanol–water partition coefficient (Wildman–Crippen LogP) is 5.31. The summed E-state index contributed by atoms with van der Waals surface area (Å²) in [5.74, 6) is 1.83. The third-order valence-corrected chi connectivity index (χ3v) is 6.92. The van der Waals surface area contributed by atoms with E-state index in [2.05, 4.69) is 86.0 Å². The molecule has 0 spiro atoms. The van der Waals surface area contributed by atoms with Crippen molar-refractivity contribution in [2.75, 3.05) is 6.54 Å². The first-order chi connectivity index (χ1) is 17.3. The summed E-state index contributed by atoms with van der Waals surface area (Å²) in [7, 11) is 0. The Hall–Kier alpha value is -3.84. The van der Waals surface area contributed by atoms with Crippen LogP contribution in [0.1, 0.15) is 49.2 Å². The highest BCUT2D eigenvalue weighted by molar-refractivity contribution is 5.80. The SMILES string of the molecule is CCCc1nc2ccc(C3CCCN3)cc2n1Cc1ccc(-c2ccccc2-c2nnn[nH]2)cc1. The number of rotatable bonds is 7. The molecule has 3 heterocycles. The topological polar surface area (TPSA) is 84.3 Å². The van der Waals surface area contributed by atoms with Crippen LogP contribution < -0.4 is 5.32 Å². The van der Waals surface area contributed by atoms with E-state index < -0.39 is 0 Å². The summed E-state index contributed by atoms with van der Waals surface area (Å²) in [5.41, 5.74) is 8.17. The second kappa shape index (κ2) is 9.43. The lowest BCUT2D eigenvalue weighted by molar-refractivity contribution is 0.647. The molecule has 1 unspecified atom stereocenters. The predicted molar refractivity (Wildman–Crippen MR) is 138 cm³/mol. The second-order valence-corrected chi connectivity index (χ2v) is 9.25. The quantitative estimate of drug-likeness (QED) is 0.342. The molecule has 2 aromatic heterocycles. The number of aryl methyl sites for hydroxylation is 1. The van der Waals surface area contributed by atoms with Crippen LogP contribution in [0.2, 0.25) is 0 Å². The Balaban J connectivity index is 1.33. The minimum Gasteiger partial charge on any atom is -0.323 e. The average molecular weight is 464 g/mol. The van der Waals surface area contributed by atoms with Gasteiger partial charge in [-0.2, -0.15) is 0 Å². The molecule has 0 aliphatic carbocycles. The van der Waals surface area contributed by atoms with E-state index in [9.17, 15) is 0 Å². The van der Waals surface area contributed by atoms with Crippen molar-refractivity contribution < 1.29 is 0 Å². The van der Waals surface area contributed by atoms with Crippen molar-refractivity contribution in [1.82, 2.24) is 35.5 Å². The summed E-state index contributed by atoms with van der Waals surface area (Å²) in [6, 6.07) is 24.2. The van der Waals surface area contributed by atoms with Crippen molar-refractivity contribution >= 4 is 11.0 Å². The Labute approximate surface area is 204 Å². The van der Waals surface area contributed by atoms with Crippen molar-refractivity contribution in [2.45, 2.75) is 45.2 Å². The highest BCUT2D eigenvalue weighted by atomic mass is 15.5. The number of H-pyrrole nitrogens is 1. The van der Waals surface area contributed by atoms with E-state index in [4.69, 9.17) is 4.98 Å². The van der Waals surface area contributed by atoms with Crippen molar-refractivity contribution in [3.05, 3.63) is 83.7 Å². The molecule has 1 aliphatic heterocycles. The molecule has 0 radical (unpaired) electrons. The van der Waals surface area contributed by atoms with E-state index in [1.165, 1.54) is 29.5 Å². The Morgan fingerprint density at radius 1 is 1.00 bits per heavy atom. The van der Waals surface area contributed by atoms with Crippen LogP contribution in [0.4, 0.5) is 0 Å². The Morgan fingerprint density at radius 3 is 2.60 bits per heavy atom. The van der Waals surface area contributed by atoms with E-state index in [1.54, 1.807) is 0 Å². The molecule has 1 atom stereocenters. The van der Waals surface area contributed by atoms with Crippen LogP contribution in [0.15, 0.2) is 66.7 Å². The standard InChI is InChI=1S/C28H29N7/c1-2-6-27-30-25-15-14-21(24-9-5-16-29-24)17-26(25)35(27)18-19-10-12-20(13-11-19)22-7-3-4-8-23(22)28-31-33-34-32-28/h3-4,7-8,10-15,17,24,29H,2,5-6,9,16,18H2,1H3,(H,31,32,33,34). The number of tetrazole rings is 1. The van der Waals surface area contributed by atoms with Crippen molar-refractivity contribution in [2.24, 2.45) is 0 Å². The molecule has 1 saturated heterocycles. The molecular weight excluding hydrogens is 434 g/mol. The van der Waals surface area contributed by atoms with Gasteiger partial charge in [-0.3, -0.25) is 0 Å². The van der Waals surface area contributed by atoms with E-state index in [0.29, 0.717) is 11.9 Å². The van der Waals surface area contributed by atoms with E-state index >= 15 is 0 Å². The first kappa shape index (κ1) is 21.7. The van der Waals surface area contributed by atoms with Crippen LogP contribution in [0.5, 0.6) is 0 Å². The summed E-state index contributed by atoms with van der Waals surface area (Å²) in [6.07, 6.45) is 4.49. The summed E-state index contributed by atoms with van der Waals surface area (Å²) in [4.78, 5) is 4.99. The third-order valence-electron chi connectivity index (χ3n) is 6.92. The van der Waals surface area contributed by atoms with Crippen LogP contribution in [0.3, 0.4) is 0 Å². The Morgan fingerprint density at radius 2 is 1.86 bits per heavy atom. The number of aromatic amines is 1. The van der Waals surface area contributed by atoms with Crippen molar-refractivity contribution in [3.63, 3.8) is 0 Å². The van der Waals surface area contributed by atoms with Gasteiger partial charge >= 0.3 is 0 Å². The summed E-state index contributed by atoms with van der Waals surface area (Å²) < 4.78 is 2.40. The number of nitrogens with one attached hydrogen (secondary N) is 2. The summed E-state index contributed by atoms with van der Waals surface area (Å²) in [6.45, 7) is 4.13. The van der Waals surface area contributed by atoms with Crippen LogP contribution in [-0.2, 0) is 13.0 Å². The van der Waals surface area contributed by atoms with Crippen LogP contribution in [0.25, 0.3) is 33.5 Å². The van der Waals surface area contributed by atoms with Gasteiger partial charge in [0.1, 0.15) is 5.82 Å². The highest BCUT2D eigenvalue weighted by Gasteiger charge is 2.19. The molecule has 6 rings (SSSR count). The molecule has 176 valence electrons. The molecule has 0 amide bonds. The monoisotopic (exact) mass is 463 g/mol. The first-order valence-corrected chi connectivity index (χ1v) is 12.4. The fourth-order valence-electron chi connectivity index (χ4n) is 5.15. The van der Waals surface area contributed by atoms with E-state index in [-0.39, 0.29) is 0 Å². The number of nitrogens with zero attached hydrogens (tertiary/aromatic N) is 5. The summed E-state index contributed by atoms with van der Waals surface area (Å²) in [5, 5.41) is 18.1. The van der Waals surface area contributed by atoms with Gasteiger partial charge in [0.15, 0.2) is 5.82 Å². The van der Waals surface area contributed by atoms with Crippen molar-refractivity contribution in [1.29, 1.82) is 0 Å². The molecule has 7 heteroatoms. The van der Waals surface area contributed by atoms with Crippen LogP contribution in [0, 0.1) is 0 Å². The van der Waals surface area contributed by atoms with Gasteiger partial charge in [-0.15, -0.1) is 5.10 Å². The second-order valence-electron chi connectivity index (χ2n) is 9.25. The number of hydrogen-bond acceptors (Lipinski definition) is 5. The number of aromatic nitrogens is 6. The Bertz CT molecular complexity index is 1430. The molecule has 0 bridgehead atoms. The first-order valence-electron chi connectivity index (χ1n) is 12.4. The smallest absolute Gasteiger partial charge is 0.180 e. The minimum absolute atomic E-state index is 0.455. The fraction of sp³-hybridized carbons (Fsp3) is 0.286. The molecule has 3 aromatic carbocycles. The largest absolute Gasteiger partial charge is 0.323 e. The maximum atomic E-state index is 4.99. The van der Waals surface area contributed by atoms with E-state index in [0.717, 1.165) is 54.0 Å². The van der Waals surface area contributed by atoms with Gasteiger partial charge in [-0.05, 0) is 70.6 Å². The Kier molecular flexibility index (Phi) is 5.84. The van der Waals surface area contributed by atoms with Gasteiger partial charge in [-0.1, -0.05) is 61.5 Å². The van der Waals surface area contributed by atoms with E-state index in [1.807, 2.05) is 18.2 Å². The number of benzene rings is 3. The van der Waals surface area contributed by atoms with Crippen molar-refractivity contribution in [3.8, 4) is 22.5 Å². The van der Waals surface area contributed by atoms with Gasteiger partial charge < -0.3 is 9.88 Å². The van der Waals surface area contributed by atoms with Crippen LogP contribution >= 0.6 is 0 Å². The molecule has 1 fully saturated rings. The molecule has 7 nitrogen and oxygen atoms in total. The van der Waals surface area contributed by atoms with Gasteiger partial charge in [0.2, 0.25) is 0 Å². The lowest BCUT2D eigenvalue weighted by Gasteiger charge is -2.13. The highest BCUT2D eigenvalue weighted by Crippen LogP contribution is 2.31. The minimum atomic E-state index is 0.455. The molecule has 5 aromatic rings. The molecular formula is C28H29N7. The van der Waals surface area contributed by atoms with Crippen LogP contribution in [-0.4, -0.2) is 36.7 Å². The zero-order valence-corrected chi connectivity index (χ0v) is 19.9. The van der Waals surface area contributed by atoms with Gasteiger partial charge in [0, 0.05) is 24.6 Å². The number of fused-ring (bicyclic) bond motifs is 1. The van der Waals surface area contributed by atoms with Gasteiger partial charge in [0.25, 0.3) is 0 Å². The fourth-order valence-corrected chi connectivity index (χ4v) is 5.15. The lowest BCUT2D eigenvalue weighted by atomic mass is 9.98. The van der Waals surface area contributed by atoms with Gasteiger partial charge in [-0.25, -0.2) is 10.1 Å². The maximum absolute atomic E-state index is 4.99. The van der Waals surface area contributed by atoms with Gasteiger partial charge in [0.05, 0.1) is 11.0 Å². The maximum Gasteiger partial charge on any atom is 0.180 e. The molecule has 1 aliphatic rings. The lowest BCUT2D eigenvalue weighted by Crippen LogP contribution is -2.13. The number of hydrogen-bond donors (Lipinski definition) is 2. The normalized spacial score (nSPS) is 15.7. The average Bonchev–Trinajstić information content (AvgIpc) is 3.67. The molecule has 35 heavy (non-hydrogen) atoms. The number of imidazole rings is 1. The molecule has 2 N–H and O–H groups in total. The zero-order chi connectivity index (χ0) is 23.6. The summed E-state index contributed by atoms with van der Waals surface area (Å²) >= 11 is 0. The molecule has 0 saturated carbocycles.